The first kappa shape index (κ1) is 7.33. The number of nitrogens with zero attached hydrogens (tertiary/aromatic N) is 1. The van der Waals surface area contributed by atoms with E-state index in [2.05, 4.69) is 11.9 Å². The molecular weight excluding hydrogens is 134 g/mol. The SMILES string of the molecule is CC1CCCC2CCCN=C12. The Labute approximate surface area is 68.9 Å². The highest BCUT2D eigenvalue weighted by Crippen LogP contribution is 2.31. The molecule has 0 bridgehead atoms. The molecule has 1 fully saturated rings. The molecule has 0 spiro atoms. The van der Waals surface area contributed by atoms with Crippen molar-refractivity contribution in [2.24, 2.45) is 16.8 Å². The highest BCUT2D eigenvalue weighted by atomic mass is 14.8. The lowest BCUT2D eigenvalue weighted by Gasteiger charge is -2.31. The fraction of sp³-hybridized carbons (Fsp3) is 0.900. The van der Waals surface area contributed by atoms with Gasteiger partial charge in [-0.05, 0) is 37.5 Å². The highest BCUT2D eigenvalue weighted by molar-refractivity contribution is 5.89. The van der Waals surface area contributed by atoms with Gasteiger partial charge >= 0.3 is 0 Å². The zero-order valence-corrected chi connectivity index (χ0v) is 7.34. The standard InChI is InChI=1S/C10H17N/c1-8-4-2-5-9-6-3-7-11-10(8)9/h8-9H,2-7H2,1H3. The molecule has 0 radical (unpaired) electrons. The van der Waals surface area contributed by atoms with E-state index in [-0.39, 0.29) is 0 Å². The molecule has 2 atom stereocenters. The van der Waals surface area contributed by atoms with Crippen molar-refractivity contribution >= 4 is 5.71 Å². The van der Waals surface area contributed by atoms with Gasteiger partial charge in [-0.15, -0.1) is 0 Å². The zero-order chi connectivity index (χ0) is 7.68. The van der Waals surface area contributed by atoms with Gasteiger partial charge in [0.1, 0.15) is 0 Å². The van der Waals surface area contributed by atoms with Gasteiger partial charge in [0.2, 0.25) is 0 Å². The molecule has 0 saturated heterocycles. The monoisotopic (exact) mass is 151 g/mol. The number of rotatable bonds is 0. The molecular formula is C10H17N. The normalized spacial score (nSPS) is 37.7. The van der Waals surface area contributed by atoms with Crippen LogP contribution in [0.1, 0.15) is 39.0 Å². The molecule has 1 heterocycles. The lowest BCUT2D eigenvalue weighted by Crippen LogP contribution is -2.29. The first-order chi connectivity index (χ1) is 5.38. The summed E-state index contributed by atoms with van der Waals surface area (Å²) in [6, 6.07) is 0. The minimum Gasteiger partial charge on any atom is -0.294 e. The molecule has 0 aromatic rings. The van der Waals surface area contributed by atoms with Gasteiger partial charge in [-0.2, -0.15) is 0 Å². The fourth-order valence-corrected chi connectivity index (χ4v) is 2.49. The zero-order valence-electron chi connectivity index (χ0n) is 7.34. The minimum absolute atomic E-state index is 0.800. The van der Waals surface area contributed by atoms with Gasteiger partial charge in [-0.3, -0.25) is 4.99 Å². The van der Waals surface area contributed by atoms with E-state index in [1.54, 1.807) is 5.71 Å². The third kappa shape index (κ3) is 1.33. The van der Waals surface area contributed by atoms with Gasteiger partial charge in [-0.25, -0.2) is 0 Å². The van der Waals surface area contributed by atoms with E-state index in [1.165, 1.54) is 32.1 Å². The predicted molar refractivity (Wildman–Crippen MR) is 48.0 cm³/mol. The maximum atomic E-state index is 4.65. The van der Waals surface area contributed by atoms with Gasteiger partial charge in [0.25, 0.3) is 0 Å². The molecule has 1 heteroatoms. The third-order valence-electron chi connectivity index (χ3n) is 3.12. The van der Waals surface area contributed by atoms with E-state index < -0.39 is 0 Å². The highest BCUT2D eigenvalue weighted by Gasteiger charge is 2.27. The van der Waals surface area contributed by atoms with Crippen LogP contribution < -0.4 is 0 Å². The van der Waals surface area contributed by atoms with Crippen molar-refractivity contribution in [1.29, 1.82) is 0 Å². The Balaban J connectivity index is 2.14. The van der Waals surface area contributed by atoms with E-state index in [1.807, 2.05) is 0 Å². The Morgan fingerprint density at radius 1 is 1.18 bits per heavy atom. The summed E-state index contributed by atoms with van der Waals surface area (Å²) in [6.45, 7) is 3.45. The third-order valence-corrected chi connectivity index (χ3v) is 3.12. The summed E-state index contributed by atoms with van der Waals surface area (Å²) in [4.78, 5) is 4.65. The first-order valence-corrected chi connectivity index (χ1v) is 4.92. The van der Waals surface area contributed by atoms with Gasteiger partial charge in [0, 0.05) is 12.3 Å². The van der Waals surface area contributed by atoms with E-state index in [4.69, 9.17) is 0 Å². The fourth-order valence-electron chi connectivity index (χ4n) is 2.49. The van der Waals surface area contributed by atoms with Crippen molar-refractivity contribution in [2.45, 2.75) is 39.0 Å². The molecule has 1 aliphatic carbocycles. The van der Waals surface area contributed by atoms with Gasteiger partial charge in [0.15, 0.2) is 0 Å². The van der Waals surface area contributed by atoms with Crippen LogP contribution in [-0.4, -0.2) is 12.3 Å². The number of fused-ring (bicyclic) bond motifs is 1. The quantitative estimate of drug-likeness (QED) is 0.504. The Morgan fingerprint density at radius 2 is 2.00 bits per heavy atom. The van der Waals surface area contributed by atoms with Crippen LogP contribution in [0.5, 0.6) is 0 Å². The molecule has 0 amide bonds. The Morgan fingerprint density at radius 3 is 2.82 bits per heavy atom. The maximum Gasteiger partial charge on any atom is 0.0389 e. The molecule has 1 nitrogen and oxygen atoms in total. The van der Waals surface area contributed by atoms with Crippen LogP contribution in [0.15, 0.2) is 4.99 Å². The molecule has 0 aromatic carbocycles. The van der Waals surface area contributed by atoms with E-state index in [0.29, 0.717) is 0 Å². The molecule has 2 rings (SSSR count). The molecule has 2 unspecified atom stereocenters. The molecule has 0 N–H and O–H groups in total. The van der Waals surface area contributed by atoms with Crippen LogP contribution in [0.4, 0.5) is 0 Å². The van der Waals surface area contributed by atoms with Crippen molar-refractivity contribution in [1.82, 2.24) is 0 Å². The molecule has 62 valence electrons. The van der Waals surface area contributed by atoms with Crippen LogP contribution in [0.25, 0.3) is 0 Å². The van der Waals surface area contributed by atoms with E-state index in [9.17, 15) is 0 Å². The van der Waals surface area contributed by atoms with Gasteiger partial charge in [-0.1, -0.05) is 13.3 Å². The van der Waals surface area contributed by atoms with E-state index in [0.717, 1.165) is 18.4 Å². The number of hydrogen-bond acceptors (Lipinski definition) is 1. The summed E-state index contributed by atoms with van der Waals surface area (Å²) in [5.41, 5.74) is 1.56. The smallest absolute Gasteiger partial charge is 0.0389 e. The summed E-state index contributed by atoms with van der Waals surface area (Å²) < 4.78 is 0. The lowest BCUT2D eigenvalue weighted by atomic mass is 9.77. The number of aliphatic imine (C=N–C) groups is 1. The topological polar surface area (TPSA) is 12.4 Å². The van der Waals surface area contributed by atoms with Crippen molar-refractivity contribution in [3.8, 4) is 0 Å². The first-order valence-electron chi connectivity index (χ1n) is 4.92. The molecule has 2 aliphatic rings. The summed E-state index contributed by atoms with van der Waals surface area (Å²) in [7, 11) is 0. The van der Waals surface area contributed by atoms with Crippen molar-refractivity contribution in [2.75, 3.05) is 6.54 Å². The Kier molecular flexibility index (Phi) is 1.97. The van der Waals surface area contributed by atoms with Crippen LogP contribution in [0.2, 0.25) is 0 Å². The second-order valence-electron chi connectivity index (χ2n) is 3.98. The maximum absolute atomic E-state index is 4.65. The van der Waals surface area contributed by atoms with Crippen LogP contribution in [0.3, 0.4) is 0 Å². The molecule has 1 saturated carbocycles. The van der Waals surface area contributed by atoms with Gasteiger partial charge in [0.05, 0.1) is 0 Å². The van der Waals surface area contributed by atoms with Gasteiger partial charge < -0.3 is 0 Å². The van der Waals surface area contributed by atoms with Crippen molar-refractivity contribution < 1.29 is 0 Å². The second kappa shape index (κ2) is 2.96. The average molecular weight is 151 g/mol. The summed E-state index contributed by atoms with van der Waals surface area (Å²) >= 11 is 0. The molecule has 0 aromatic heterocycles. The van der Waals surface area contributed by atoms with Crippen molar-refractivity contribution in [3.63, 3.8) is 0 Å². The second-order valence-corrected chi connectivity index (χ2v) is 3.98. The predicted octanol–water partition coefficient (Wildman–Crippen LogP) is 2.66. The number of hydrogen-bond donors (Lipinski definition) is 0. The van der Waals surface area contributed by atoms with Crippen LogP contribution in [0, 0.1) is 11.8 Å². The largest absolute Gasteiger partial charge is 0.294 e. The van der Waals surface area contributed by atoms with Crippen LogP contribution in [-0.2, 0) is 0 Å². The summed E-state index contributed by atoms with van der Waals surface area (Å²) in [6.07, 6.45) is 6.99. The summed E-state index contributed by atoms with van der Waals surface area (Å²) in [5.74, 6) is 1.68. The minimum atomic E-state index is 0.800. The molecule has 11 heavy (non-hydrogen) atoms. The van der Waals surface area contributed by atoms with Crippen LogP contribution >= 0.6 is 0 Å². The molecule has 1 aliphatic heterocycles. The Hall–Kier alpha value is -0.330. The van der Waals surface area contributed by atoms with E-state index >= 15 is 0 Å². The van der Waals surface area contributed by atoms with Crippen molar-refractivity contribution in [3.05, 3.63) is 0 Å². The Bertz CT molecular complexity index is 172. The average Bonchev–Trinajstić information content (AvgIpc) is 2.06. The lowest BCUT2D eigenvalue weighted by molar-refractivity contribution is 0.422. The summed E-state index contributed by atoms with van der Waals surface area (Å²) in [5, 5.41) is 0.